The van der Waals surface area contributed by atoms with Gasteiger partial charge in [0.25, 0.3) is 5.91 Å². The molecule has 0 aliphatic heterocycles. The first-order valence-corrected chi connectivity index (χ1v) is 5.29. The van der Waals surface area contributed by atoms with Gasteiger partial charge in [0.15, 0.2) is 0 Å². The van der Waals surface area contributed by atoms with Crippen LogP contribution in [0, 0.1) is 5.82 Å². The molecule has 0 aliphatic rings. The van der Waals surface area contributed by atoms with E-state index in [2.05, 4.69) is 5.32 Å². The Hall–Kier alpha value is -2.11. The molecular weight excluding hydrogens is 239 g/mol. The van der Waals surface area contributed by atoms with Gasteiger partial charge in [-0.15, -0.1) is 0 Å². The number of hydrogen-bond acceptors (Lipinski definition) is 3. The lowest BCUT2D eigenvalue weighted by molar-refractivity contribution is -0.121. The number of hydrogen-bond donors (Lipinski definition) is 1. The molecule has 5 nitrogen and oxygen atoms in total. The van der Waals surface area contributed by atoms with Crippen LogP contribution in [0.25, 0.3) is 0 Å². The van der Waals surface area contributed by atoms with Gasteiger partial charge in [-0.05, 0) is 12.1 Å². The molecule has 0 unspecified atom stereocenters. The van der Waals surface area contributed by atoms with Gasteiger partial charge in [0, 0.05) is 20.2 Å². The largest absolute Gasteiger partial charge is 0.497 e. The number of nitrogens with one attached hydrogen (secondary N) is 1. The zero-order chi connectivity index (χ0) is 13.7. The Morgan fingerprint density at radius 2 is 2.11 bits per heavy atom. The molecule has 2 amide bonds. The summed E-state index contributed by atoms with van der Waals surface area (Å²) in [7, 11) is 4.31. The van der Waals surface area contributed by atoms with Crippen LogP contribution in [0.4, 0.5) is 4.39 Å². The quantitative estimate of drug-likeness (QED) is 0.858. The highest BCUT2D eigenvalue weighted by atomic mass is 19.1. The van der Waals surface area contributed by atoms with Gasteiger partial charge in [0.2, 0.25) is 5.91 Å². The molecule has 6 heteroatoms. The summed E-state index contributed by atoms with van der Waals surface area (Å²) in [5.74, 6) is -1.22. The van der Waals surface area contributed by atoms with Crippen LogP contribution in [0.3, 0.4) is 0 Å². The molecule has 0 saturated carbocycles. The Balaban J connectivity index is 2.86. The number of methoxy groups -OCH3 is 1. The molecule has 0 spiro atoms. The van der Waals surface area contributed by atoms with Crippen molar-refractivity contribution in [2.24, 2.45) is 0 Å². The van der Waals surface area contributed by atoms with E-state index in [1.54, 1.807) is 0 Å². The average molecular weight is 254 g/mol. The normalized spacial score (nSPS) is 9.78. The number of rotatable bonds is 4. The number of amides is 2. The summed E-state index contributed by atoms with van der Waals surface area (Å²) in [5.41, 5.74) is -0.0952. The summed E-state index contributed by atoms with van der Waals surface area (Å²) in [6.45, 7) is -0.124. The fourth-order valence-electron chi connectivity index (χ4n) is 1.37. The molecule has 0 aliphatic carbocycles. The lowest BCUT2D eigenvalue weighted by atomic mass is 10.2. The molecule has 0 saturated heterocycles. The molecule has 0 heterocycles. The maximum Gasteiger partial charge on any atom is 0.257 e. The number of benzene rings is 1. The van der Waals surface area contributed by atoms with Crippen molar-refractivity contribution in [2.45, 2.75) is 0 Å². The second kappa shape index (κ2) is 6.00. The predicted octanol–water partition coefficient (Wildman–Crippen LogP) is 0.652. The lowest BCUT2D eigenvalue weighted by Crippen LogP contribution is -2.37. The highest BCUT2D eigenvalue weighted by Crippen LogP contribution is 2.17. The van der Waals surface area contributed by atoms with Gasteiger partial charge in [0.05, 0.1) is 19.2 Å². The van der Waals surface area contributed by atoms with Crippen LogP contribution in [0.1, 0.15) is 10.4 Å². The first-order valence-electron chi connectivity index (χ1n) is 5.29. The molecule has 1 aromatic rings. The first-order chi connectivity index (χ1) is 8.49. The number of nitrogens with zero attached hydrogens (tertiary/aromatic N) is 1. The molecule has 1 N–H and O–H groups in total. The van der Waals surface area contributed by atoms with E-state index in [0.717, 1.165) is 11.0 Å². The zero-order valence-electron chi connectivity index (χ0n) is 10.5. The highest BCUT2D eigenvalue weighted by Gasteiger charge is 2.18. The Morgan fingerprint density at radius 1 is 1.44 bits per heavy atom. The Morgan fingerprint density at radius 3 is 2.61 bits per heavy atom. The molecule has 0 bridgehead atoms. The summed E-state index contributed by atoms with van der Waals surface area (Å²) in [5, 5.41) is 2.39. The second-order valence-electron chi connectivity index (χ2n) is 3.68. The minimum atomic E-state index is -0.678. The average Bonchev–Trinajstić information content (AvgIpc) is 2.37. The minimum Gasteiger partial charge on any atom is -0.497 e. The van der Waals surface area contributed by atoms with Crippen molar-refractivity contribution in [1.82, 2.24) is 10.2 Å². The maximum atomic E-state index is 13.6. The summed E-state index contributed by atoms with van der Waals surface area (Å²) in [4.78, 5) is 24.1. The smallest absolute Gasteiger partial charge is 0.257 e. The molecule has 0 radical (unpaired) electrons. The standard InChI is InChI=1S/C12H15FN2O3/c1-14-11(16)7-15(2)12(17)9-5-4-8(18-3)6-10(9)13/h4-6H,7H2,1-3H3,(H,14,16). The number of carbonyl (C=O) groups excluding carboxylic acids is 2. The van der Waals surface area contributed by atoms with Gasteiger partial charge in [-0.1, -0.05) is 0 Å². The van der Waals surface area contributed by atoms with Crippen molar-refractivity contribution in [2.75, 3.05) is 27.7 Å². The van der Waals surface area contributed by atoms with Crippen LogP contribution in [0.2, 0.25) is 0 Å². The van der Waals surface area contributed by atoms with Gasteiger partial charge in [-0.3, -0.25) is 9.59 Å². The zero-order valence-corrected chi connectivity index (χ0v) is 10.5. The lowest BCUT2D eigenvalue weighted by Gasteiger charge is -2.16. The molecular formula is C12H15FN2O3. The Bertz CT molecular complexity index is 463. The molecule has 0 atom stereocenters. The van der Waals surface area contributed by atoms with Crippen LogP contribution in [-0.4, -0.2) is 44.5 Å². The summed E-state index contributed by atoms with van der Waals surface area (Å²) >= 11 is 0. The van der Waals surface area contributed by atoms with Gasteiger partial charge in [-0.2, -0.15) is 0 Å². The third kappa shape index (κ3) is 3.19. The first kappa shape index (κ1) is 14.0. The number of carbonyl (C=O) groups is 2. The fraction of sp³-hybridized carbons (Fsp3) is 0.333. The van der Waals surface area contributed by atoms with Gasteiger partial charge >= 0.3 is 0 Å². The third-order valence-corrected chi connectivity index (χ3v) is 2.41. The van der Waals surface area contributed by atoms with Gasteiger partial charge < -0.3 is 15.0 Å². The van der Waals surface area contributed by atoms with Crippen molar-refractivity contribution in [3.63, 3.8) is 0 Å². The second-order valence-corrected chi connectivity index (χ2v) is 3.68. The molecule has 98 valence electrons. The van der Waals surface area contributed by atoms with E-state index < -0.39 is 11.7 Å². The van der Waals surface area contributed by atoms with Crippen LogP contribution in [0.5, 0.6) is 5.75 Å². The summed E-state index contributed by atoms with van der Waals surface area (Å²) in [6, 6.07) is 3.95. The van der Waals surface area contributed by atoms with Crippen molar-refractivity contribution in [1.29, 1.82) is 0 Å². The van der Waals surface area contributed by atoms with E-state index in [1.165, 1.54) is 33.3 Å². The predicted molar refractivity (Wildman–Crippen MR) is 64.0 cm³/mol. The van der Waals surface area contributed by atoms with Crippen molar-refractivity contribution >= 4 is 11.8 Å². The van der Waals surface area contributed by atoms with Gasteiger partial charge in [0.1, 0.15) is 11.6 Å². The highest BCUT2D eigenvalue weighted by molar-refractivity contribution is 5.96. The summed E-state index contributed by atoms with van der Waals surface area (Å²) in [6.07, 6.45) is 0. The van der Waals surface area contributed by atoms with Crippen LogP contribution in [0.15, 0.2) is 18.2 Å². The monoisotopic (exact) mass is 254 g/mol. The van der Waals surface area contributed by atoms with E-state index >= 15 is 0 Å². The molecule has 1 aromatic carbocycles. The summed E-state index contributed by atoms with van der Waals surface area (Å²) < 4.78 is 18.5. The number of halogens is 1. The topological polar surface area (TPSA) is 58.6 Å². The van der Waals surface area contributed by atoms with Crippen LogP contribution < -0.4 is 10.1 Å². The van der Waals surface area contributed by atoms with Crippen LogP contribution >= 0.6 is 0 Å². The third-order valence-electron chi connectivity index (χ3n) is 2.41. The number of ether oxygens (including phenoxy) is 1. The van der Waals surface area contributed by atoms with E-state index in [0.29, 0.717) is 5.75 Å². The van der Waals surface area contributed by atoms with E-state index in [4.69, 9.17) is 4.74 Å². The SMILES string of the molecule is CNC(=O)CN(C)C(=O)c1ccc(OC)cc1F. The van der Waals surface area contributed by atoms with Crippen molar-refractivity contribution in [3.05, 3.63) is 29.6 Å². The molecule has 1 rings (SSSR count). The van der Waals surface area contributed by atoms with Crippen molar-refractivity contribution < 1.29 is 18.7 Å². The van der Waals surface area contributed by atoms with E-state index in [1.807, 2.05) is 0 Å². The molecule has 18 heavy (non-hydrogen) atoms. The van der Waals surface area contributed by atoms with E-state index in [9.17, 15) is 14.0 Å². The molecule has 0 aromatic heterocycles. The van der Waals surface area contributed by atoms with Gasteiger partial charge in [-0.25, -0.2) is 4.39 Å². The minimum absolute atomic E-state index is 0.0952. The fourth-order valence-corrected chi connectivity index (χ4v) is 1.37. The van der Waals surface area contributed by atoms with Crippen molar-refractivity contribution in [3.8, 4) is 5.75 Å². The van der Waals surface area contributed by atoms with E-state index in [-0.39, 0.29) is 18.0 Å². The van der Waals surface area contributed by atoms with Crippen LogP contribution in [-0.2, 0) is 4.79 Å². The maximum absolute atomic E-state index is 13.6. The number of likely N-dealkylation sites (N-methyl/N-ethyl adjacent to an activating group) is 2. The Labute approximate surface area is 105 Å². The Kier molecular flexibility index (Phi) is 4.65. The molecule has 0 fully saturated rings.